The highest BCUT2D eigenvalue weighted by molar-refractivity contribution is 6.31. The van der Waals surface area contributed by atoms with Gasteiger partial charge in [0.1, 0.15) is 11.4 Å². The van der Waals surface area contributed by atoms with E-state index >= 15 is 0 Å². The molecule has 3 aromatic rings. The van der Waals surface area contributed by atoms with Crippen molar-refractivity contribution >= 4 is 35.1 Å². The molecule has 2 heterocycles. The molecule has 0 saturated heterocycles. The van der Waals surface area contributed by atoms with Crippen LogP contribution >= 0.6 is 11.6 Å². The van der Waals surface area contributed by atoms with Crippen LogP contribution in [0.15, 0.2) is 48.7 Å². The molecule has 2 amide bonds. The number of hydrogen-bond acceptors (Lipinski definition) is 4. The predicted molar refractivity (Wildman–Crippen MR) is 107 cm³/mol. The molecule has 0 spiro atoms. The Bertz CT molecular complexity index is 1060. The Morgan fingerprint density at radius 2 is 2.04 bits per heavy atom. The standard InChI is InChI=1S/C20H19ClN4O3/c1-13-6-7-14(2)16(11-13)28-12-19(27)24-23-18(26)9-8-15-20(21)22-17-5-3-4-10-25(15)17/h3-11H,12H2,1-2H3,(H,23,26)(H,24,27)/b9-8+. The molecule has 144 valence electrons. The zero-order valence-electron chi connectivity index (χ0n) is 15.4. The summed E-state index contributed by atoms with van der Waals surface area (Å²) in [6, 6.07) is 11.2. The number of pyridine rings is 1. The summed E-state index contributed by atoms with van der Waals surface area (Å²) in [5.41, 5.74) is 7.79. The van der Waals surface area contributed by atoms with E-state index in [9.17, 15) is 9.59 Å². The van der Waals surface area contributed by atoms with Crippen molar-refractivity contribution in [3.8, 4) is 5.75 Å². The van der Waals surface area contributed by atoms with Gasteiger partial charge in [0.2, 0.25) is 0 Å². The van der Waals surface area contributed by atoms with Gasteiger partial charge in [-0.05, 0) is 49.2 Å². The Hall–Kier alpha value is -3.32. The average molecular weight is 399 g/mol. The number of halogens is 1. The van der Waals surface area contributed by atoms with Crippen molar-refractivity contribution in [2.45, 2.75) is 13.8 Å². The normalized spacial score (nSPS) is 11.0. The molecule has 0 aliphatic rings. The highest BCUT2D eigenvalue weighted by Crippen LogP contribution is 2.19. The van der Waals surface area contributed by atoms with Crippen LogP contribution in [0.5, 0.6) is 5.75 Å². The Kier molecular flexibility index (Phi) is 5.96. The molecule has 0 radical (unpaired) electrons. The molecule has 0 fully saturated rings. The molecule has 0 saturated carbocycles. The number of hydrazine groups is 1. The minimum atomic E-state index is -0.512. The number of fused-ring (bicyclic) bond motifs is 1. The van der Waals surface area contributed by atoms with Crippen LogP contribution in [0.1, 0.15) is 16.8 Å². The van der Waals surface area contributed by atoms with Crippen molar-refractivity contribution in [3.63, 3.8) is 0 Å². The Morgan fingerprint density at radius 1 is 1.21 bits per heavy atom. The molecule has 3 rings (SSSR count). The first-order chi connectivity index (χ1) is 13.4. The fraction of sp³-hybridized carbons (Fsp3) is 0.150. The molecular weight excluding hydrogens is 380 g/mol. The number of nitrogens with one attached hydrogen (secondary N) is 2. The summed E-state index contributed by atoms with van der Waals surface area (Å²) < 4.78 is 7.24. The number of rotatable bonds is 5. The minimum absolute atomic E-state index is 0.215. The van der Waals surface area contributed by atoms with Crippen molar-refractivity contribution in [3.05, 3.63) is 70.6 Å². The van der Waals surface area contributed by atoms with Crippen LogP contribution in [0.25, 0.3) is 11.7 Å². The maximum absolute atomic E-state index is 11.9. The Morgan fingerprint density at radius 3 is 2.86 bits per heavy atom. The van der Waals surface area contributed by atoms with Gasteiger partial charge in [-0.3, -0.25) is 24.8 Å². The number of carbonyl (C=O) groups excluding carboxylic acids is 2. The first-order valence-electron chi connectivity index (χ1n) is 8.53. The Labute approximate surface area is 167 Å². The van der Waals surface area contributed by atoms with E-state index in [0.29, 0.717) is 17.1 Å². The van der Waals surface area contributed by atoms with Gasteiger partial charge in [-0.1, -0.05) is 29.8 Å². The van der Waals surface area contributed by atoms with Gasteiger partial charge in [-0.25, -0.2) is 4.98 Å². The molecule has 0 atom stereocenters. The maximum atomic E-state index is 11.9. The van der Waals surface area contributed by atoms with Crippen LogP contribution in [-0.2, 0) is 9.59 Å². The predicted octanol–water partition coefficient (Wildman–Crippen LogP) is 2.84. The number of hydrogen-bond donors (Lipinski definition) is 2. The number of ether oxygens (including phenoxy) is 1. The van der Waals surface area contributed by atoms with Gasteiger partial charge in [0, 0.05) is 12.3 Å². The summed E-state index contributed by atoms with van der Waals surface area (Å²) >= 11 is 6.10. The highest BCUT2D eigenvalue weighted by Gasteiger charge is 2.08. The molecule has 8 heteroatoms. The number of nitrogens with zero attached hydrogens (tertiary/aromatic N) is 2. The lowest BCUT2D eigenvalue weighted by Gasteiger charge is -2.10. The third-order valence-electron chi connectivity index (χ3n) is 3.94. The average Bonchev–Trinajstić information content (AvgIpc) is 3.00. The third-order valence-corrected chi connectivity index (χ3v) is 4.22. The van der Waals surface area contributed by atoms with Crippen molar-refractivity contribution in [1.82, 2.24) is 20.2 Å². The monoisotopic (exact) mass is 398 g/mol. The van der Waals surface area contributed by atoms with Crippen molar-refractivity contribution in [2.75, 3.05) is 6.61 Å². The van der Waals surface area contributed by atoms with Crippen molar-refractivity contribution < 1.29 is 14.3 Å². The van der Waals surface area contributed by atoms with E-state index in [0.717, 1.165) is 11.1 Å². The quantitative estimate of drug-likeness (QED) is 0.511. The van der Waals surface area contributed by atoms with E-state index in [1.165, 1.54) is 12.2 Å². The molecule has 0 aliphatic carbocycles. The van der Waals surface area contributed by atoms with Gasteiger partial charge < -0.3 is 4.74 Å². The van der Waals surface area contributed by atoms with E-state index in [1.54, 1.807) is 16.7 Å². The number of carbonyl (C=O) groups is 2. The number of amides is 2. The molecular formula is C20H19ClN4O3. The lowest BCUT2D eigenvalue weighted by atomic mass is 10.1. The fourth-order valence-corrected chi connectivity index (χ4v) is 2.75. The molecule has 2 aromatic heterocycles. The van der Waals surface area contributed by atoms with E-state index in [-0.39, 0.29) is 11.8 Å². The summed E-state index contributed by atoms with van der Waals surface area (Å²) in [6.45, 7) is 3.62. The largest absolute Gasteiger partial charge is 0.483 e. The summed E-state index contributed by atoms with van der Waals surface area (Å²) in [5, 5.41) is 0.279. The summed E-state index contributed by atoms with van der Waals surface area (Å²) in [5.74, 6) is -0.360. The number of aromatic nitrogens is 2. The van der Waals surface area contributed by atoms with Crippen LogP contribution in [0, 0.1) is 13.8 Å². The Balaban J connectivity index is 1.52. The molecule has 2 N–H and O–H groups in total. The van der Waals surface area contributed by atoms with Gasteiger partial charge in [0.15, 0.2) is 11.8 Å². The van der Waals surface area contributed by atoms with Gasteiger partial charge in [0.05, 0.1) is 5.69 Å². The van der Waals surface area contributed by atoms with Gasteiger partial charge in [-0.15, -0.1) is 0 Å². The lowest BCUT2D eigenvalue weighted by Crippen LogP contribution is -2.43. The van der Waals surface area contributed by atoms with Crippen LogP contribution in [-0.4, -0.2) is 27.8 Å². The first-order valence-corrected chi connectivity index (χ1v) is 8.91. The SMILES string of the molecule is Cc1ccc(C)c(OCC(=O)NNC(=O)/C=C/c2c(Cl)nc3ccccn23)c1. The maximum Gasteiger partial charge on any atom is 0.276 e. The van der Waals surface area contributed by atoms with Gasteiger partial charge >= 0.3 is 0 Å². The van der Waals surface area contributed by atoms with E-state index in [2.05, 4.69) is 15.8 Å². The van der Waals surface area contributed by atoms with Crippen LogP contribution < -0.4 is 15.6 Å². The minimum Gasteiger partial charge on any atom is -0.483 e. The zero-order valence-corrected chi connectivity index (χ0v) is 16.2. The second kappa shape index (κ2) is 8.58. The molecule has 28 heavy (non-hydrogen) atoms. The summed E-state index contributed by atoms with van der Waals surface area (Å²) in [6.07, 6.45) is 4.57. The highest BCUT2D eigenvalue weighted by atomic mass is 35.5. The van der Waals surface area contributed by atoms with Crippen molar-refractivity contribution in [1.29, 1.82) is 0 Å². The lowest BCUT2D eigenvalue weighted by molar-refractivity contribution is -0.128. The zero-order chi connectivity index (χ0) is 20.1. The second-order valence-corrected chi connectivity index (χ2v) is 6.50. The molecule has 1 aromatic carbocycles. The smallest absolute Gasteiger partial charge is 0.276 e. The van der Waals surface area contributed by atoms with Crippen molar-refractivity contribution in [2.24, 2.45) is 0 Å². The molecule has 0 unspecified atom stereocenters. The molecule has 0 aliphatic heterocycles. The molecule has 0 bridgehead atoms. The van der Waals surface area contributed by atoms with Crippen LogP contribution in [0.2, 0.25) is 5.15 Å². The van der Waals surface area contributed by atoms with Crippen LogP contribution in [0.3, 0.4) is 0 Å². The van der Waals surface area contributed by atoms with Crippen LogP contribution in [0.4, 0.5) is 0 Å². The first kappa shape index (κ1) is 19.4. The van der Waals surface area contributed by atoms with Gasteiger partial charge in [-0.2, -0.15) is 0 Å². The summed E-state index contributed by atoms with van der Waals surface area (Å²) in [4.78, 5) is 28.0. The van der Waals surface area contributed by atoms with E-state index in [1.807, 2.05) is 44.2 Å². The molecule has 7 nitrogen and oxygen atoms in total. The van der Waals surface area contributed by atoms with Gasteiger partial charge in [0.25, 0.3) is 11.8 Å². The topological polar surface area (TPSA) is 84.7 Å². The third kappa shape index (κ3) is 4.69. The number of aryl methyl sites for hydroxylation is 2. The second-order valence-electron chi connectivity index (χ2n) is 6.15. The number of imidazole rings is 1. The number of benzene rings is 1. The fourth-order valence-electron chi connectivity index (χ4n) is 2.50. The summed E-state index contributed by atoms with van der Waals surface area (Å²) in [7, 11) is 0. The van der Waals surface area contributed by atoms with E-state index < -0.39 is 11.8 Å². The van der Waals surface area contributed by atoms with E-state index in [4.69, 9.17) is 16.3 Å².